The maximum absolute atomic E-state index is 12.0. The SMILES string of the molecule is CCOc1ccc(CC(=O)OCC(=O)Nc2ccc(Oc3ccccc3)cc2)cc1. The Morgan fingerprint density at radius 2 is 1.43 bits per heavy atom. The third-order valence-electron chi connectivity index (χ3n) is 4.06. The first-order valence-corrected chi connectivity index (χ1v) is 9.62. The van der Waals surface area contributed by atoms with Crippen LogP contribution in [0.1, 0.15) is 12.5 Å². The highest BCUT2D eigenvalue weighted by molar-refractivity contribution is 5.92. The van der Waals surface area contributed by atoms with Crippen LogP contribution in [0.4, 0.5) is 5.69 Å². The fourth-order valence-corrected chi connectivity index (χ4v) is 2.66. The molecular weight excluding hydrogens is 382 g/mol. The van der Waals surface area contributed by atoms with Crippen molar-refractivity contribution in [2.75, 3.05) is 18.5 Å². The number of hydrogen-bond donors (Lipinski definition) is 1. The summed E-state index contributed by atoms with van der Waals surface area (Å²) in [6, 6.07) is 23.5. The van der Waals surface area contributed by atoms with Crippen LogP contribution in [0.25, 0.3) is 0 Å². The van der Waals surface area contributed by atoms with Crippen LogP contribution in [0, 0.1) is 0 Å². The van der Waals surface area contributed by atoms with Gasteiger partial charge in [-0.2, -0.15) is 0 Å². The van der Waals surface area contributed by atoms with E-state index in [1.807, 2.05) is 37.3 Å². The van der Waals surface area contributed by atoms with Gasteiger partial charge in [0, 0.05) is 5.69 Å². The fraction of sp³-hybridized carbons (Fsp3) is 0.167. The number of nitrogens with one attached hydrogen (secondary N) is 1. The zero-order valence-electron chi connectivity index (χ0n) is 16.7. The van der Waals surface area contributed by atoms with E-state index in [0.29, 0.717) is 18.0 Å². The summed E-state index contributed by atoms with van der Waals surface area (Å²) in [7, 11) is 0. The molecule has 3 rings (SSSR count). The van der Waals surface area contributed by atoms with Gasteiger partial charge in [-0.1, -0.05) is 30.3 Å². The molecule has 30 heavy (non-hydrogen) atoms. The standard InChI is InChI=1S/C24H23NO5/c1-2-28-20-12-8-18(9-13-20)16-24(27)29-17-23(26)25-19-10-14-22(15-11-19)30-21-6-4-3-5-7-21/h3-15H,2,16-17H2,1H3,(H,25,26). The van der Waals surface area contributed by atoms with Crippen LogP contribution in [-0.2, 0) is 20.7 Å². The van der Waals surface area contributed by atoms with Gasteiger partial charge in [-0.3, -0.25) is 9.59 Å². The van der Waals surface area contributed by atoms with Crippen molar-refractivity contribution in [3.8, 4) is 17.2 Å². The number of hydrogen-bond acceptors (Lipinski definition) is 5. The molecule has 0 aromatic heterocycles. The Hall–Kier alpha value is -3.80. The van der Waals surface area contributed by atoms with Crippen LogP contribution in [0.5, 0.6) is 17.2 Å². The molecule has 3 aromatic carbocycles. The number of carbonyl (C=O) groups excluding carboxylic acids is 2. The molecule has 0 aliphatic heterocycles. The topological polar surface area (TPSA) is 73.9 Å². The Bertz CT molecular complexity index is 953. The number of para-hydroxylation sites is 1. The van der Waals surface area contributed by atoms with Crippen molar-refractivity contribution >= 4 is 17.6 Å². The summed E-state index contributed by atoms with van der Waals surface area (Å²) >= 11 is 0. The first-order valence-electron chi connectivity index (χ1n) is 9.62. The van der Waals surface area contributed by atoms with E-state index in [1.165, 1.54) is 0 Å². The van der Waals surface area contributed by atoms with Crippen LogP contribution in [-0.4, -0.2) is 25.1 Å². The van der Waals surface area contributed by atoms with Crippen LogP contribution >= 0.6 is 0 Å². The molecule has 0 saturated heterocycles. The maximum Gasteiger partial charge on any atom is 0.310 e. The number of anilines is 1. The second-order valence-electron chi connectivity index (χ2n) is 6.40. The minimum Gasteiger partial charge on any atom is -0.494 e. The van der Waals surface area contributed by atoms with Gasteiger partial charge < -0.3 is 19.5 Å². The lowest BCUT2D eigenvalue weighted by molar-refractivity contribution is -0.146. The molecule has 1 amide bonds. The molecule has 6 nitrogen and oxygen atoms in total. The average molecular weight is 405 g/mol. The molecule has 6 heteroatoms. The van der Waals surface area contributed by atoms with E-state index in [-0.39, 0.29) is 13.0 Å². The summed E-state index contributed by atoms with van der Waals surface area (Å²) < 4.78 is 16.1. The van der Waals surface area contributed by atoms with Gasteiger partial charge in [0.05, 0.1) is 13.0 Å². The number of esters is 1. The second kappa shape index (κ2) is 10.7. The van der Waals surface area contributed by atoms with Crippen molar-refractivity contribution < 1.29 is 23.8 Å². The van der Waals surface area contributed by atoms with E-state index < -0.39 is 11.9 Å². The van der Waals surface area contributed by atoms with Crippen molar-refractivity contribution in [2.24, 2.45) is 0 Å². The average Bonchev–Trinajstić information content (AvgIpc) is 2.76. The van der Waals surface area contributed by atoms with Gasteiger partial charge in [0.25, 0.3) is 5.91 Å². The molecule has 0 atom stereocenters. The van der Waals surface area contributed by atoms with Crippen molar-refractivity contribution in [3.63, 3.8) is 0 Å². The van der Waals surface area contributed by atoms with Crippen LogP contribution in [0.2, 0.25) is 0 Å². The zero-order chi connectivity index (χ0) is 21.2. The lowest BCUT2D eigenvalue weighted by atomic mass is 10.1. The van der Waals surface area contributed by atoms with Crippen molar-refractivity contribution in [3.05, 3.63) is 84.4 Å². The summed E-state index contributed by atoms with van der Waals surface area (Å²) in [5.41, 5.74) is 1.38. The molecule has 0 bridgehead atoms. The third kappa shape index (κ3) is 6.67. The number of benzene rings is 3. The quantitative estimate of drug-likeness (QED) is 0.527. The number of rotatable bonds is 9. The number of amides is 1. The van der Waals surface area contributed by atoms with Crippen molar-refractivity contribution in [1.82, 2.24) is 0 Å². The van der Waals surface area contributed by atoms with Crippen molar-refractivity contribution in [2.45, 2.75) is 13.3 Å². The lowest BCUT2D eigenvalue weighted by Gasteiger charge is -2.09. The molecule has 0 spiro atoms. The highest BCUT2D eigenvalue weighted by Gasteiger charge is 2.09. The van der Waals surface area contributed by atoms with Gasteiger partial charge in [-0.25, -0.2) is 0 Å². The van der Waals surface area contributed by atoms with Gasteiger partial charge >= 0.3 is 5.97 Å². The highest BCUT2D eigenvalue weighted by atomic mass is 16.5. The lowest BCUT2D eigenvalue weighted by Crippen LogP contribution is -2.21. The van der Waals surface area contributed by atoms with E-state index in [1.54, 1.807) is 48.5 Å². The summed E-state index contributed by atoms with van der Waals surface area (Å²) in [6.07, 6.45) is 0.0885. The Kier molecular flexibility index (Phi) is 7.44. The number of carbonyl (C=O) groups is 2. The largest absolute Gasteiger partial charge is 0.494 e. The minimum atomic E-state index is -0.471. The van der Waals surface area contributed by atoms with Gasteiger partial charge in [0.2, 0.25) is 0 Å². The Labute approximate surface area is 175 Å². The highest BCUT2D eigenvalue weighted by Crippen LogP contribution is 2.22. The molecule has 154 valence electrons. The van der Waals surface area contributed by atoms with Gasteiger partial charge in [0.15, 0.2) is 6.61 Å². The molecule has 0 saturated carbocycles. The monoisotopic (exact) mass is 405 g/mol. The second-order valence-corrected chi connectivity index (χ2v) is 6.40. The predicted octanol–water partition coefficient (Wildman–Crippen LogP) is 4.60. The van der Waals surface area contributed by atoms with Gasteiger partial charge in [0.1, 0.15) is 17.2 Å². The summed E-state index contributed by atoms with van der Waals surface area (Å²) in [4.78, 5) is 24.0. The van der Waals surface area contributed by atoms with E-state index in [2.05, 4.69) is 5.32 Å². The molecule has 0 heterocycles. The summed E-state index contributed by atoms with van der Waals surface area (Å²) in [5, 5.41) is 2.69. The molecule has 0 unspecified atom stereocenters. The van der Waals surface area contributed by atoms with Crippen LogP contribution in [0.15, 0.2) is 78.9 Å². The molecule has 0 aliphatic rings. The number of ether oxygens (including phenoxy) is 3. The van der Waals surface area contributed by atoms with Crippen LogP contribution in [0.3, 0.4) is 0 Å². The normalized spacial score (nSPS) is 10.2. The predicted molar refractivity (Wildman–Crippen MR) is 114 cm³/mol. The molecule has 0 radical (unpaired) electrons. The molecule has 0 aliphatic carbocycles. The minimum absolute atomic E-state index is 0.0885. The first-order chi connectivity index (χ1) is 14.6. The summed E-state index contributed by atoms with van der Waals surface area (Å²) in [5.74, 6) is 1.25. The smallest absolute Gasteiger partial charge is 0.310 e. The molecule has 0 fully saturated rings. The van der Waals surface area contributed by atoms with Gasteiger partial charge in [-0.15, -0.1) is 0 Å². The molecule has 1 N–H and O–H groups in total. The zero-order valence-corrected chi connectivity index (χ0v) is 16.7. The van der Waals surface area contributed by atoms with Crippen molar-refractivity contribution in [1.29, 1.82) is 0 Å². The van der Waals surface area contributed by atoms with E-state index in [9.17, 15) is 9.59 Å². The Morgan fingerprint density at radius 3 is 2.10 bits per heavy atom. The first kappa shape index (κ1) is 20.9. The Balaban J connectivity index is 1.42. The van der Waals surface area contributed by atoms with E-state index >= 15 is 0 Å². The third-order valence-corrected chi connectivity index (χ3v) is 4.06. The molecular formula is C24H23NO5. The summed E-state index contributed by atoms with van der Waals surface area (Å²) in [6.45, 7) is 2.14. The Morgan fingerprint density at radius 1 is 0.800 bits per heavy atom. The van der Waals surface area contributed by atoms with E-state index in [4.69, 9.17) is 14.2 Å². The van der Waals surface area contributed by atoms with E-state index in [0.717, 1.165) is 17.1 Å². The van der Waals surface area contributed by atoms with Crippen LogP contribution < -0.4 is 14.8 Å². The van der Waals surface area contributed by atoms with Gasteiger partial charge in [-0.05, 0) is 61.0 Å². The fourth-order valence-electron chi connectivity index (χ4n) is 2.66. The molecule has 3 aromatic rings. The maximum atomic E-state index is 12.0.